The zero-order valence-electron chi connectivity index (χ0n) is 22.4. The first-order valence-electron chi connectivity index (χ1n) is 12.7. The van der Waals surface area contributed by atoms with E-state index in [1.54, 1.807) is 33.8 Å². The van der Waals surface area contributed by atoms with Gasteiger partial charge in [0.15, 0.2) is 11.6 Å². The molecule has 0 spiro atoms. The molecule has 0 amide bonds. The number of hydrogen-bond acceptors (Lipinski definition) is 11. The van der Waals surface area contributed by atoms with Gasteiger partial charge in [-0.25, -0.2) is 9.59 Å². The number of aliphatic hydroxyl groups excluding tert-OH is 1. The monoisotopic (exact) mass is 526 g/mol. The Balaban J connectivity index is 1.69. The van der Waals surface area contributed by atoms with Crippen molar-refractivity contribution >= 4 is 11.9 Å². The maximum atomic E-state index is 12.6. The lowest BCUT2D eigenvalue weighted by atomic mass is 9.87. The number of carbonyl (C=O) groups excluding carboxylic acids is 2. The molecule has 0 saturated carbocycles. The van der Waals surface area contributed by atoms with Gasteiger partial charge in [0.25, 0.3) is 0 Å². The SMILES string of the molecule is CCCCOC1C=C(C(=O)OC)C2OC(C)(C)OC2[C@@H]1OC1C=C(C(=O)OC)C2OC(C)(C)OC2[C@@H]1O. The highest BCUT2D eigenvalue weighted by molar-refractivity contribution is 5.90. The molecular formula is C26H38O11. The third-order valence-corrected chi connectivity index (χ3v) is 6.84. The Hall–Kier alpha value is -1.86. The number of fused-ring (bicyclic) bond motifs is 2. The topological polar surface area (TPSA) is 128 Å². The van der Waals surface area contributed by atoms with E-state index in [4.69, 9.17) is 37.9 Å². The van der Waals surface area contributed by atoms with Crippen molar-refractivity contribution in [3.63, 3.8) is 0 Å². The number of aliphatic hydroxyl groups is 1. The van der Waals surface area contributed by atoms with Crippen LogP contribution >= 0.6 is 0 Å². The van der Waals surface area contributed by atoms with E-state index in [0.717, 1.165) is 12.8 Å². The van der Waals surface area contributed by atoms with E-state index >= 15 is 0 Å². The molecule has 0 aromatic rings. The molecule has 37 heavy (non-hydrogen) atoms. The molecule has 2 saturated heterocycles. The number of ether oxygens (including phenoxy) is 8. The lowest BCUT2D eigenvalue weighted by Gasteiger charge is -2.40. The molecule has 0 radical (unpaired) electrons. The minimum absolute atomic E-state index is 0.193. The maximum absolute atomic E-state index is 12.6. The molecule has 6 unspecified atom stereocenters. The van der Waals surface area contributed by atoms with Crippen molar-refractivity contribution in [2.75, 3.05) is 20.8 Å². The summed E-state index contributed by atoms with van der Waals surface area (Å²) in [5, 5.41) is 11.3. The van der Waals surface area contributed by atoms with Crippen LogP contribution in [0.15, 0.2) is 23.3 Å². The van der Waals surface area contributed by atoms with Gasteiger partial charge in [0.1, 0.15) is 48.8 Å². The van der Waals surface area contributed by atoms with Crippen molar-refractivity contribution in [1.29, 1.82) is 0 Å². The summed E-state index contributed by atoms with van der Waals surface area (Å²) in [7, 11) is 2.57. The van der Waals surface area contributed by atoms with Gasteiger partial charge in [-0.05, 0) is 46.3 Å². The molecule has 11 heteroatoms. The van der Waals surface area contributed by atoms with E-state index in [1.807, 2.05) is 6.92 Å². The van der Waals surface area contributed by atoms with Crippen LogP contribution in [0.25, 0.3) is 0 Å². The number of unbranched alkanes of at least 4 members (excludes halogenated alkanes) is 1. The Morgan fingerprint density at radius 3 is 1.92 bits per heavy atom. The van der Waals surface area contributed by atoms with Crippen LogP contribution in [0, 0.1) is 0 Å². The lowest BCUT2D eigenvalue weighted by molar-refractivity contribution is -0.197. The zero-order chi connectivity index (χ0) is 27.1. The second-order valence-electron chi connectivity index (χ2n) is 10.5. The number of hydrogen-bond donors (Lipinski definition) is 1. The van der Waals surface area contributed by atoms with Gasteiger partial charge in [-0.1, -0.05) is 13.3 Å². The fraction of sp³-hybridized carbons (Fsp3) is 0.769. The molecule has 2 heterocycles. The largest absolute Gasteiger partial charge is 0.466 e. The average molecular weight is 527 g/mol. The highest BCUT2D eigenvalue weighted by Gasteiger charge is 2.57. The highest BCUT2D eigenvalue weighted by Crippen LogP contribution is 2.43. The smallest absolute Gasteiger partial charge is 0.336 e. The molecule has 8 atom stereocenters. The molecule has 2 aliphatic carbocycles. The van der Waals surface area contributed by atoms with Crippen molar-refractivity contribution in [3.05, 3.63) is 23.3 Å². The van der Waals surface area contributed by atoms with E-state index in [-0.39, 0.29) is 11.1 Å². The third-order valence-electron chi connectivity index (χ3n) is 6.84. The predicted octanol–water partition coefficient (Wildman–Crippen LogP) is 1.55. The van der Waals surface area contributed by atoms with Gasteiger partial charge < -0.3 is 43.0 Å². The Morgan fingerprint density at radius 1 is 0.865 bits per heavy atom. The molecule has 1 N–H and O–H groups in total. The van der Waals surface area contributed by atoms with E-state index in [0.29, 0.717) is 6.61 Å². The van der Waals surface area contributed by atoms with Gasteiger partial charge >= 0.3 is 11.9 Å². The van der Waals surface area contributed by atoms with Crippen molar-refractivity contribution in [1.82, 2.24) is 0 Å². The number of methoxy groups -OCH3 is 2. The zero-order valence-corrected chi connectivity index (χ0v) is 22.4. The van der Waals surface area contributed by atoms with Crippen molar-refractivity contribution in [3.8, 4) is 0 Å². The van der Waals surface area contributed by atoms with Crippen molar-refractivity contribution in [2.45, 2.75) is 108 Å². The minimum Gasteiger partial charge on any atom is -0.466 e. The number of carbonyl (C=O) groups is 2. The molecule has 2 fully saturated rings. The highest BCUT2D eigenvalue weighted by atomic mass is 16.8. The fourth-order valence-corrected chi connectivity index (χ4v) is 5.23. The fourth-order valence-electron chi connectivity index (χ4n) is 5.23. The van der Waals surface area contributed by atoms with Gasteiger partial charge in [0, 0.05) is 6.61 Å². The first-order chi connectivity index (χ1) is 17.4. The Kier molecular flexibility index (Phi) is 8.16. The predicted molar refractivity (Wildman–Crippen MR) is 127 cm³/mol. The van der Waals surface area contributed by atoms with Crippen LogP contribution in [0.1, 0.15) is 47.5 Å². The summed E-state index contributed by atoms with van der Waals surface area (Å²) in [6.07, 6.45) is -2.03. The molecule has 0 aromatic heterocycles. The van der Waals surface area contributed by atoms with Gasteiger partial charge in [-0.3, -0.25) is 0 Å². The molecule has 4 aliphatic rings. The second-order valence-corrected chi connectivity index (χ2v) is 10.5. The van der Waals surface area contributed by atoms with Crippen LogP contribution in [0.2, 0.25) is 0 Å². The standard InChI is InChI=1S/C26H38O11/c1-8-9-10-32-16-12-14(24(29)31-7)19-22(37-26(4,5)35-19)20(16)33-15-11-13(23(28)30-6)18-21(17(15)27)36-25(2,3)34-18/h11-12,15-22,27H,8-10H2,1-7H3/t15?,16?,17-,18?,19?,20-,21?,22?/m1/s1. The first kappa shape index (κ1) is 28.2. The summed E-state index contributed by atoms with van der Waals surface area (Å²) in [4.78, 5) is 25.3. The summed E-state index contributed by atoms with van der Waals surface area (Å²) in [5.41, 5.74) is 0.475. The van der Waals surface area contributed by atoms with Crippen LogP contribution in [-0.4, -0.2) is 98.3 Å². The van der Waals surface area contributed by atoms with E-state index in [2.05, 4.69) is 0 Å². The van der Waals surface area contributed by atoms with Gasteiger partial charge in [-0.2, -0.15) is 0 Å². The van der Waals surface area contributed by atoms with Crippen molar-refractivity contribution < 1.29 is 52.6 Å². The normalized spacial score (nSPS) is 37.7. The van der Waals surface area contributed by atoms with Crippen LogP contribution in [0.4, 0.5) is 0 Å². The molecule has 11 nitrogen and oxygen atoms in total. The molecule has 4 rings (SSSR count). The molecule has 208 valence electrons. The number of rotatable bonds is 8. The molecular weight excluding hydrogens is 488 g/mol. The Morgan fingerprint density at radius 2 is 1.38 bits per heavy atom. The average Bonchev–Trinajstić information content (AvgIpc) is 3.35. The first-order valence-corrected chi connectivity index (χ1v) is 12.7. The summed E-state index contributed by atoms with van der Waals surface area (Å²) in [5.74, 6) is -3.20. The van der Waals surface area contributed by atoms with Crippen LogP contribution in [0.3, 0.4) is 0 Å². The number of esters is 2. The maximum Gasteiger partial charge on any atom is 0.336 e. The van der Waals surface area contributed by atoms with Gasteiger partial charge in [0.2, 0.25) is 0 Å². The Labute approximate surface area is 216 Å². The molecule has 0 aromatic carbocycles. The quantitative estimate of drug-likeness (QED) is 0.365. The van der Waals surface area contributed by atoms with Crippen LogP contribution in [-0.2, 0) is 47.5 Å². The summed E-state index contributed by atoms with van der Waals surface area (Å²) >= 11 is 0. The minimum atomic E-state index is -1.17. The van der Waals surface area contributed by atoms with Crippen LogP contribution in [0.5, 0.6) is 0 Å². The third kappa shape index (κ3) is 5.63. The van der Waals surface area contributed by atoms with Gasteiger partial charge in [-0.15, -0.1) is 0 Å². The van der Waals surface area contributed by atoms with Crippen LogP contribution < -0.4 is 0 Å². The summed E-state index contributed by atoms with van der Waals surface area (Å²) < 4.78 is 46.6. The summed E-state index contributed by atoms with van der Waals surface area (Å²) in [6.45, 7) is 9.35. The second kappa shape index (κ2) is 10.7. The Bertz CT molecular complexity index is 939. The molecule has 2 aliphatic heterocycles. The van der Waals surface area contributed by atoms with E-state index in [1.165, 1.54) is 20.3 Å². The lowest BCUT2D eigenvalue weighted by Crippen LogP contribution is -2.56. The molecule has 0 bridgehead atoms. The van der Waals surface area contributed by atoms with Gasteiger partial charge in [0.05, 0.1) is 25.4 Å². The summed E-state index contributed by atoms with van der Waals surface area (Å²) in [6, 6.07) is 0. The van der Waals surface area contributed by atoms with Crippen molar-refractivity contribution in [2.24, 2.45) is 0 Å². The van der Waals surface area contributed by atoms with E-state index < -0.39 is 72.3 Å². The van der Waals surface area contributed by atoms with E-state index in [9.17, 15) is 14.7 Å².